The maximum absolute atomic E-state index is 6.26. The van der Waals surface area contributed by atoms with Crippen LogP contribution < -0.4 is 10.1 Å². The van der Waals surface area contributed by atoms with Gasteiger partial charge in [0.2, 0.25) is 0 Å². The fraction of sp³-hybridized carbons (Fsp3) is 0.360. The molecule has 1 atom stereocenters. The number of rotatable bonds is 6. The van der Waals surface area contributed by atoms with Crippen molar-refractivity contribution in [3.8, 4) is 16.9 Å². The minimum absolute atomic E-state index is 0.0375. The maximum atomic E-state index is 6.26. The number of ether oxygens (including phenoxy) is 2. The van der Waals surface area contributed by atoms with Gasteiger partial charge in [0, 0.05) is 47.3 Å². The molecule has 1 aliphatic rings. The minimum atomic E-state index is 0.0375. The van der Waals surface area contributed by atoms with Crippen molar-refractivity contribution >= 4 is 17.2 Å². The number of nitrogens with zero attached hydrogens (tertiary/aromatic N) is 5. The summed E-state index contributed by atoms with van der Waals surface area (Å²) in [4.78, 5) is 13.2. The van der Waals surface area contributed by atoms with E-state index < -0.39 is 0 Å². The van der Waals surface area contributed by atoms with Crippen LogP contribution in [0, 0.1) is 26.2 Å². The molecule has 0 unspecified atom stereocenters. The van der Waals surface area contributed by atoms with Gasteiger partial charge in [0.1, 0.15) is 17.4 Å². The molecule has 8 heteroatoms. The van der Waals surface area contributed by atoms with E-state index in [2.05, 4.69) is 44.4 Å². The Balaban J connectivity index is 1.43. The number of fused-ring (bicyclic) bond motifs is 1. The molecule has 4 aromatic rings. The molecule has 0 radical (unpaired) electrons. The molecule has 1 saturated heterocycles. The van der Waals surface area contributed by atoms with Crippen molar-refractivity contribution in [3.05, 3.63) is 59.9 Å². The standard InChI is InChI=1S/C25H28N6O2/c1-16-9-21(22(13-26-16)33-15-25(4)6-8-32-14-25)19-5-7-31-20(11-19)12-24(30-31)29-23-10-17(2)27-18(3)28-23/h5,7,9-13H,6,8,14-15H2,1-4H3,(H,27,28,29,30)/t25-/m0/s1. The smallest absolute Gasteiger partial charge is 0.154 e. The van der Waals surface area contributed by atoms with E-state index in [0.29, 0.717) is 6.61 Å². The van der Waals surface area contributed by atoms with Gasteiger partial charge in [0.05, 0.1) is 24.9 Å². The average Bonchev–Trinajstić information content (AvgIpc) is 3.37. The van der Waals surface area contributed by atoms with E-state index >= 15 is 0 Å². The second kappa shape index (κ2) is 8.44. The van der Waals surface area contributed by atoms with E-state index in [1.54, 1.807) is 0 Å². The van der Waals surface area contributed by atoms with Gasteiger partial charge >= 0.3 is 0 Å². The molecule has 0 amide bonds. The van der Waals surface area contributed by atoms with Crippen LogP contribution in [0.3, 0.4) is 0 Å². The molecular formula is C25H28N6O2. The van der Waals surface area contributed by atoms with Gasteiger partial charge in [-0.05, 0) is 51.0 Å². The van der Waals surface area contributed by atoms with Gasteiger partial charge in [-0.15, -0.1) is 0 Å². The van der Waals surface area contributed by atoms with Crippen molar-refractivity contribution in [1.29, 1.82) is 0 Å². The van der Waals surface area contributed by atoms with E-state index in [9.17, 15) is 0 Å². The van der Waals surface area contributed by atoms with E-state index in [1.807, 2.05) is 55.9 Å². The zero-order chi connectivity index (χ0) is 23.0. The molecule has 1 aliphatic heterocycles. The molecule has 1 fully saturated rings. The second-order valence-corrected chi connectivity index (χ2v) is 9.10. The summed E-state index contributed by atoms with van der Waals surface area (Å²) in [5.74, 6) is 2.96. The first-order chi connectivity index (χ1) is 15.9. The number of aryl methyl sites for hydroxylation is 3. The lowest BCUT2D eigenvalue weighted by molar-refractivity contribution is 0.118. The average molecular weight is 445 g/mol. The van der Waals surface area contributed by atoms with E-state index in [1.165, 1.54) is 0 Å². The van der Waals surface area contributed by atoms with Crippen LogP contribution in [-0.2, 0) is 4.74 Å². The predicted molar refractivity (Wildman–Crippen MR) is 127 cm³/mol. The van der Waals surface area contributed by atoms with Gasteiger partial charge in [0.25, 0.3) is 0 Å². The van der Waals surface area contributed by atoms with Crippen LogP contribution in [0.15, 0.2) is 42.7 Å². The Morgan fingerprint density at radius 1 is 1.09 bits per heavy atom. The Morgan fingerprint density at radius 3 is 2.76 bits per heavy atom. The Hall–Kier alpha value is -3.52. The van der Waals surface area contributed by atoms with Gasteiger partial charge in [0.15, 0.2) is 5.82 Å². The van der Waals surface area contributed by atoms with Crippen LogP contribution in [0.2, 0.25) is 0 Å². The molecule has 0 bridgehead atoms. The van der Waals surface area contributed by atoms with Gasteiger partial charge in [-0.2, -0.15) is 5.10 Å². The van der Waals surface area contributed by atoms with Gasteiger partial charge in [-0.1, -0.05) is 6.92 Å². The molecule has 33 heavy (non-hydrogen) atoms. The molecule has 5 rings (SSSR count). The highest BCUT2D eigenvalue weighted by atomic mass is 16.5. The Labute approximate surface area is 193 Å². The number of aromatic nitrogens is 5. The zero-order valence-corrected chi connectivity index (χ0v) is 19.4. The molecule has 0 aliphatic carbocycles. The number of anilines is 2. The van der Waals surface area contributed by atoms with E-state index in [4.69, 9.17) is 9.47 Å². The third-order valence-corrected chi connectivity index (χ3v) is 5.88. The van der Waals surface area contributed by atoms with E-state index in [0.717, 1.165) is 70.9 Å². The van der Waals surface area contributed by atoms with Crippen LogP contribution >= 0.6 is 0 Å². The van der Waals surface area contributed by atoms with Gasteiger partial charge < -0.3 is 14.8 Å². The maximum Gasteiger partial charge on any atom is 0.154 e. The third kappa shape index (κ3) is 4.66. The summed E-state index contributed by atoms with van der Waals surface area (Å²) in [6.07, 6.45) is 4.78. The fourth-order valence-electron chi connectivity index (χ4n) is 4.10. The number of hydrogen-bond donors (Lipinski definition) is 1. The van der Waals surface area contributed by atoms with Gasteiger partial charge in [-0.3, -0.25) is 4.98 Å². The molecule has 0 saturated carbocycles. The molecule has 0 spiro atoms. The minimum Gasteiger partial charge on any atom is -0.491 e. The van der Waals surface area contributed by atoms with Crippen LogP contribution in [-0.4, -0.2) is 44.4 Å². The van der Waals surface area contributed by atoms with Crippen molar-refractivity contribution < 1.29 is 9.47 Å². The van der Waals surface area contributed by atoms with Gasteiger partial charge in [-0.25, -0.2) is 14.5 Å². The highest BCUT2D eigenvalue weighted by Crippen LogP contribution is 2.34. The summed E-state index contributed by atoms with van der Waals surface area (Å²) < 4.78 is 13.7. The van der Waals surface area contributed by atoms with Crippen LogP contribution in [0.4, 0.5) is 11.6 Å². The lowest BCUT2D eigenvalue weighted by atomic mass is 9.91. The Bertz CT molecular complexity index is 1290. The van der Waals surface area contributed by atoms with Crippen LogP contribution in [0.5, 0.6) is 5.75 Å². The number of nitrogens with one attached hydrogen (secondary N) is 1. The van der Waals surface area contributed by atoms with Crippen molar-refractivity contribution in [3.63, 3.8) is 0 Å². The first kappa shape index (κ1) is 21.3. The molecule has 5 heterocycles. The highest BCUT2D eigenvalue weighted by Gasteiger charge is 2.31. The van der Waals surface area contributed by atoms with Crippen molar-refractivity contribution in [2.24, 2.45) is 5.41 Å². The molecule has 1 N–H and O–H groups in total. The SMILES string of the molecule is Cc1cc(-c2ccn3nc(Nc4cc(C)nc(C)n4)cc3c2)c(OC[C@@]2(C)CCOC2)cn1. The van der Waals surface area contributed by atoms with Crippen molar-refractivity contribution in [2.75, 3.05) is 25.1 Å². The number of pyridine rings is 2. The first-order valence-electron chi connectivity index (χ1n) is 11.1. The highest BCUT2D eigenvalue weighted by molar-refractivity contribution is 5.75. The summed E-state index contributed by atoms with van der Waals surface area (Å²) in [5, 5.41) is 7.91. The lowest BCUT2D eigenvalue weighted by Crippen LogP contribution is -2.25. The van der Waals surface area contributed by atoms with Crippen LogP contribution in [0.1, 0.15) is 30.6 Å². The summed E-state index contributed by atoms with van der Waals surface area (Å²) in [6, 6.07) is 10.1. The first-order valence-corrected chi connectivity index (χ1v) is 11.1. The fourth-order valence-corrected chi connectivity index (χ4v) is 4.10. The van der Waals surface area contributed by atoms with Crippen molar-refractivity contribution in [1.82, 2.24) is 24.6 Å². The summed E-state index contributed by atoms with van der Waals surface area (Å²) >= 11 is 0. The molecule has 4 aromatic heterocycles. The monoisotopic (exact) mass is 444 g/mol. The summed E-state index contributed by atoms with van der Waals surface area (Å²) in [7, 11) is 0. The molecule has 0 aromatic carbocycles. The summed E-state index contributed by atoms with van der Waals surface area (Å²) in [5.41, 5.74) is 4.93. The quantitative estimate of drug-likeness (QED) is 0.463. The largest absolute Gasteiger partial charge is 0.491 e. The third-order valence-electron chi connectivity index (χ3n) is 5.88. The zero-order valence-electron chi connectivity index (χ0n) is 19.4. The van der Waals surface area contributed by atoms with E-state index in [-0.39, 0.29) is 5.41 Å². The summed E-state index contributed by atoms with van der Waals surface area (Å²) in [6.45, 7) is 10.1. The Kier molecular flexibility index (Phi) is 5.46. The predicted octanol–water partition coefficient (Wildman–Crippen LogP) is 4.66. The molecule has 8 nitrogen and oxygen atoms in total. The molecular weight excluding hydrogens is 416 g/mol. The van der Waals surface area contributed by atoms with Crippen LogP contribution in [0.25, 0.3) is 16.6 Å². The van der Waals surface area contributed by atoms with Crippen molar-refractivity contribution in [2.45, 2.75) is 34.1 Å². The Morgan fingerprint density at radius 2 is 1.97 bits per heavy atom. The molecule has 170 valence electrons. The topological polar surface area (TPSA) is 86.5 Å². The lowest BCUT2D eigenvalue weighted by Gasteiger charge is -2.23. The normalized spacial score (nSPS) is 18.1. The second-order valence-electron chi connectivity index (χ2n) is 9.10. The number of hydrogen-bond acceptors (Lipinski definition) is 7.